The van der Waals surface area contributed by atoms with E-state index in [1.807, 2.05) is 11.3 Å². The van der Waals surface area contributed by atoms with Crippen molar-refractivity contribution < 1.29 is 0 Å². The molecular weight excluding hydrogens is 815 g/mol. The summed E-state index contributed by atoms with van der Waals surface area (Å²) in [5, 5.41) is 5.09. The highest BCUT2D eigenvalue weighted by atomic mass is 32.1. The van der Waals surface area contributed by atoms with Crippen LogP contribution in [0.4, 0.5) is 0 Å². The molecular formula is C64H45NS. The van der Waals surface area contributed by atoms with E-state index in [1.165, 1.54) is 120 Å². The maximum atomic E-state index is 4.66. The number of aryl methyl sites for hydroxylation is 1. The fourth-order valence-corrected chi connectivity index (χ4v) is 11.0. The predicted molar refractivity (Wildman–Crippen MR) is 285 cm³/mol. The van der Waals surface area contributed by atoms with Gasteiger partial charge in [0, 0.05) is 36.6 Å². The van der Waals surface area contributed by atoms with Crippen LogP contribution in [0, 0.1) is 6.92 Å². The fraction of sp³-hybridized carbons (Fsp3) is 0.0312. The van der Waals surface area contributed by atoms with Crippen molar-refractivity contribution in [1.29, 1.82) is 0 Å². The summed E-state index contributed by atoms with van der Waals surface area (Å²) in [6.07, 6.45) is 0.789. The van der Waals surface area contributed by atoms with Crippen molar-refractivity contribution in [3.8, 4) is 61.3 Å². The van der Waals surface area contributed by atoms with Gasteiger partial charge in [-0.25, -0.2) is 0 Å². The van der Waals surface area contributed by atoms with Crippen LogP contribution in [0.1, 0.15) is 16.7 Å². The number of allylic oxidation sites excluding steroid dienone is 1. The molecule has 0 atom stereocenters. The molecule has 12 aromatic rings. The Bertz CT molecular complexity index is 3800. The lowest BCUT2D eigenvalue weighted by Gasteiger charge is -2.18. The summed E-state index contributed by atoms with van der Waals surface area (Å²) in [6.45, 7) is 6.89. The molecule has 0 saturated heterocycles. The quantitative estimate of drug-likeness (QED) is 0.136. The lowest BCUT2D eigenvalue weighted by Crippen LogP contribution is -1.96. The summed E-state index contributed by atoms with van der Waals surface area (Å²) in [6, 6.07) is 84.6. The fourth-order valence-electron chi connectivity index (χ4n) is 9.94. The average molecular weight is 860 g/mol. The molecule has 0 bridgehead atoms. The highest BCUT2D eigenvalue weighted by Crippen LogP contribution is 2.42. The van der Waals surface area contributed by atoms with Crippen molar-refractivity contribution in [3.05, 3.63) is 254 Å². The predicted octanol–water partition coefficient (Wildman–Crippen LogP) is 18.1. The van der Waals surface area contributed by atoms with E-state index < -0.39 is 0 Å². The van der Waals surface area contributed by atoms with Crippen LogP contribution >= 0.6 is 11.3 Å². The second-order valence-electron chi connectivity index (χ2n) is 17.4. The van der Waals surface area contributed by atoms with Gasteiger partial charge in [0.1, 0.15) is 0 Å². The van der Waals surface area contributed by atoms with Gasteiger partial charge in [0.2, 0.25) is 0 Å². The Hall–Kier alpha value is -8.04. The zero-order valence-corrected chi connectivity index (χ0v) is 37.5. The van der Waals surface area contributed by atoms with Gasteiger partial charge < -0.3 is 4.57 Å². The van der Waals surface area contributed by atoms with E-state index in [2.05, 4.69) is 249 Å². The summed E-state index contributed by atoms with van der Waals surface area (Å²) in [7, 11) is 0. The largest absolute Gasteiger partial charge is 0.309 e. The van der Waals surface area contributed by atoms with E-state index in [1.54, 1.807) is 0 Å². The number of benzene rings is 10. The molecule has 0 unspecified atom stereocenters. The standard InChI is InChI=1S/C64H45NS/c1-42-25-26-51(37-56(42)57-38-49(45-17-8-4-9-18-45)27-31-54(57)43(2)35-44-15-6-3-7-16-44)47-21-14-22-48(36-47)52-29-33-62-59(40-52)58-39-50(46-19-10-5-11-20-46)28-32-61(58)65(62)53-30-34-64-60(41-53)55-23-12-13-24-63(55)66-64/h3-34,36-41H,2,35H2,1H3. The first-order chi connectivity index (χ1) is 32.5. The minimum absolute atomic E-state index is 0.789. The second-order valence-corrected chi connectivity index (χ2v) is 18.5. The highest BCUT2D eigenvalue weighted by Gasteiger charge is 2.18. The number of hydrogen-bond acceptors (Lipinski definition) is 1. The maximum Gasteiger partial charge on any atom is 0.0541 e. The Morgan fingerprint density at radius 2 is 0.909 bits per heavy atom. The third kappa shape index (κ3) is 7.13. The highest BCUT2D eigenvalue weighted by molar-refractivity contribution is 7.25. The van der Waals surface area contributed by atoms with Crippen molar-refractivity contribution >= 4 is 58.9 Å². The molecule has 0 N–H and O–H groups in total. The smallest absolute Gasteiger partial charge is 0.0541 e. The molecule has 0 aliphatic carbocycles. The molecule has 1 nitrogen and oxygen atoms in total. The lowest BCUT2D eigenvalue weighted by molar-refractivity contribution is 1.19. The second kappa shape index (κ2) is 16.5. The molecule has 0 spiro atoms. The van der Waals surface area contributed by atoms with E-state index in [0.29, 0.717) is 0 Å². The first-order valence-electron chi connectivity index (χ1n) is 22.7. The van der Waals surface area contributed by atoms with Gasteiger partial charge in [-0.2, -0.15) is 0 Å². The number of hydrogen-bond donors (Lipinski definition) is 0. The summed E-state index contributed by atoms with van der Waals surface area (Å²) in [5.41, 5.74) is 20.3. The van der Waals surface area contributed by atoms with Crippen molar-refractivity contribution in [1.82, 2.24) is 4.57 Å². The van der Waals surface area contributed by atoms with Crippen LogP contribution < -0.4 is 0 Å². The van der Waals surface area contributed by atoms with E-state index in [9.17, 15) is 0 Å². The first-order valence-corrected chi connectivity index (χ1v) is 23.5. The molecule has 2 aromatic heterocycles. The van der Waals surface area contributed by atoms with E-state index in [-0.39, 0.29) is 0 Å². The topological polar surface area (TPSA) is 4.93 Å². The summed E-state index contributed by atoms with van der Waals surface area (Å²) in [5.74, 6) is 0. The van der Waals surface area contributed by atoms with Gasteiger partial charge in [-0.1, -0.05) is 170 Å². The van der Waals surface area contributed by atoms with Crippen LogP contribution in [0.3, 0.4) is 0 Å². The van der Waals surface area contributed by atoms with Crippen LogP contribution in [0.25, 0.3) is 109 Å². The van der Waals surface area contributed by atoms with Gasteiger partial charge in [0.15, 0.2) is 0 Å². The summed E-state index contributed by atoms with van der Waals surface area (Å²) >= 11 is 1.86. The molecule has 312 valence electrons. The third-order valence-corrected chi connectivity index (χ3v) is 14.5. The Kier molecular flexibility index (Phi) is 9.89. The molecule has 2 heterocycles. The van der Waals surface area contributed by atoms with Gasteiger partial charge in [-0.3, -0.25) is 0 Å². The van der Waals surface area contributed by atoms with Crippen molar-refractivity contribution in [3.63, 3.8) is 0 Å². The lowest BCUT2D eigenvalue weighted by atomic mass is 9.86. The molecule has 0 saturated carbocycles. The monoisotopic (exact) mass is 859 g/mol. The van der Waals surface area contributed by atoms with Gasteiger partial charge in [0.25, 0.3) is 0 Å². The zero-order chi connectivity index (χ0) is 44.1. The van der Waals surface area contributed by atoms with Crippen LogP contribution in [-0.2, 0) is 6.42 Å². The van der Waals surface area contributed by atoms with E-state index in [0.717, 1.165) is 12.0 Å². The van der Waals surface area contributed by atoms with Crippen molar-refractivity contribution in [2.24, 2.45) is 0 Å². The van der Waals surface area contributed by atoms with Crippen molar-refractivity contribution in [2.45, 2.75) is 13.3 Å². The minimum atomic E-state index is 0.789. The van der Waals surface area contributed by atoms with Crippen LogP contribution in [0.15, 0.2) is 237 Å². The first kappa shape index (κ1) is 39.5. The summed E-state index contributed by atoms with van der Waals surface area (Å²) in [4.78, 5) is 0. The molecule has 10 aromatic carbocycles. The molecule has 12 rings (SSSR count). The number of aromatic nitrogens is 1. The Morgan fingerprint density at radius 1 is 0.394 bits per heavy atom. The average Bonchev–Trinajstić information content (AvgIpc) is 3.92. The number of rotatable bonds is 9. The Balaban J connectivity index is 0.972. The molecule has 0 fully saturated rings. The maximum absolute atomic E-state index is 4.66. The number of thiophene rings is 1. The Labute approximate surface area is 389 Å². The van der Waals surface area contributed by atoms with Crippen LogP contribution in [0.2, 0.25) is 0 Å². The number of nitrogens with zero attached hydrogens (tertiary/aromatic N) is 1. The van der Waals surface area contributed by atoms with Crippen molar-refractivity contribution in [2.75, 3.05) is 0 Å². The van der Waals surface area contributed by atoms with Crippen LogP contribution in [-0.4, -0.2) is 4.57 Å². The van der Waals surface area contributed by atoms with E-state index >= 15 is 0 Å². The summed E-state index contributed by atoms with van der Waals surface area (Å²) < 4.78 is 5.08. The molecule has 0 radical (unpaired) electrons. The van der Waals surface area contributed by atoms with E-state index in [4.69, 9.17) is 0 Å². The zero-order valence-electron chi connectivity index (χ0n) is 36.7. The van der Waals surface area contributed by atoms with Gasteiger partial charge in [-0.15, -0.1) is 11.3 Å². The molecule has 66 heavy (non-hydrogen) atoms. The molecule has 0 aliphatic heterocycles. The minimum Gasteiger partial charge on any atom is -0.309 e. The third-order valence-electron chi connectivity index (χ3n) is 13.3. The SMILES string of the molecule is C=C(Cc1ccccc1)c1ccc(-c2ccccc2)cc1-c1cc(-c2cccc(-c3ccc4c(c3)c3cc(-c5ccccc5)ccc3n4-c3ccc4sc5ccccc5c4c3)c2)ccc1C. The van der Waals surface area contributed by atoms with Gasteiger partial charge in [0.05, 0.1) is 11.0 Å². The van der Waals surface area contributed by atoms with Gasteiger partial charge >= 0.3 is 0 Å². The number of fused-ring (bicyclic) bond motifs is 6. The molecule has 2 heteroatoms. The van der Waals surface area contributed by atoms with Gasteiger partial charge in [-0.05, 0) is 158 Å². The molecule has 0 amide bonds. The normalized spacial score (nSPS) is 11.5. The molecule has 0 aliphatic rings. The Morgan fingerprint density at radius 3 is 1.61 bits per heavy atom. The van der Waals surface area contributed by atoms with Crippen LogP contribution in [0.5, 0.6) is 0 Å².